The van der Waals surface area contributed by atoms with Crippen molar-refractivity contribution < 1.29 is 9.59 Å². The smallest absolute Gasteiger partial charge is 0.267 e. The van der Waals surface area contributed by atoms with Crippen LogP contribution in [-0.2, 0) is 19.5 Å². The van der Waals surface area contributed by atoms with Gasteiger partial charge in [-0.05, 0) is 43.5 Å². The number of nitrogens with zero attached hydrogens (tertiary/aromatic N) is 3. The zero-order chi connectivity index (χ0) is 22.2. The standard InChI is InChI=1S/C26H26N4O2/c1-17-8-18(2)10-19(9-17)15-29-16-20(14-28-29)11-25(31)22-5-4-21-12-24-26(32)27-6-3-7-30(24)23(21)13-22/h4-5,8-10,12-14,16H,3,6-7,11,15H2,1-2H3,(H,27,32). The van der Waals surface area contributed by atoms with E-state index in [1.54, 1.807) is 6.20 Å². The number of amides is 1. The van der Waals surface area contributed by atoms with Gasteiger partial charge >= 0.3 is 0 Å². The quantitative estimate of drug-likeness (QED) is 0.489. The van der Waals surface area contributed by atoms with Crippen LogP contribution in [0.5, 0.6) is 0 Å². The number of fused-ring (bicyclic) bond motifs is 3. The first kappa shape index (κ1) is 20.2. The van der Waals surface area contributed by atoms with Crippen molar-refractivity contribution in [2.75, 3.05) is 6.54 Å². The number of rotatable bonds is 5. The largest absolute Gasteiger partial charge is 0.351 e. The van der Waals surface area contributed by atoms with Crippen molar-refractivity contribution in [2.45, 2.75) is 39.8 Å². The molecule has 1 amide bonds. The van der Waals surface area contributed by atoms with Crippen LogP contribution in [0, 0.1) is 13.8 Å². The number of aryl methyl sites for hydroxylation is 3. The maximum absolute atomic E-state index is 13.0. The van der Waals surface area contributed by atoms with Crippen LogP contribution in [0.2, 0.25) is 0 Å². The summed E-state index contributed by atoms with van der Waals surface area (Å²) < 4.78 is 3.90. The van der Waals surface area contributed by atoms with Gasteiger partial charge in [0.25, 0.3) is 5.91 Å². The van der Waals surface area contributed by atoms with Crippen molar-refractivity contribution >= 4 is 22.6 Å². The number of nitrogens with one attached hydrogen (secondary N) is 1. The van der Waals surface area contributed by atoms with Crippen molar-refractivity contribution in [3.8, 4) is 0 Å². The number of aromatic nitrogens is 3. The summed E-state index contributed by atoms with van der Waals surface area (Å²) in [5.74, 6) is -0.00531. The number of ketones is 1. The van der Waals surface area contributed by atoms with E-state index in [1.807, 2.05) is 39.7 Å². The van der Waals surface area contributed by atoms with E-state index in [1.165, 1.54) is 16.7 Å². The zero-order valence-electron chi connectivity index (χ0n) is 18.4. The Morgan fingerprint density at radius 2 is 1.88 bits per heavy atom. The fourth-order valence-electron chi connectivity index (χ4n) is 4.61. The van der Waals surface area contributed by atoms with Crippen LogP contribution < -0.4 is 5.32 Å². The van der Waals surface area contributed by atoms with Crippen LogP contribution in [0.25, 0.3) is 10.9 Å². The van der Waals surface area contributed by atoms with Crippen LogP contribution in [-0.4, -0.2) is 32.6 Å². The number of carbonyl (C=O) groups excluding carboxylic acids is 2. The fraction of sp³-hybridized carbons (Fsp3) is 0.269. The number of hydrogen-bond acceptors (Lipinski definition) is 3. The molecule has 6 heteroatoms. The minimum absolute atomic E-state index is 0.0477. The summed E-state index contributed by atoms with van der Waals surface area (Å²) in [6.45, 7) is 6.31. The van der Waals surface area contributed by atoms with E-state index in [4.69, 9.17) is 0 Å². The Bertz CT molecular complexity index is 1330. The Hall–Kier alpha value is -3.67. The molecule has 3 heterocycles. The molecular formula is C26H26N4O2. The summed E-state index contributed by atoms with van der Waals surface area (Å²) in [6.07, 6.45) is 4.89. The van der Waals surface area contributed by atoms with Crippen LogP contribution in [0.1, 0.15) is 49.5 Å². The van der Waals surface area contributed by atoms with Crippen LogP contribution in [0.3, 0.4) is 0 Å². The number of hydrogen-bond donors (Lipinski definition) is 1. The molecular weight excluding hydrogens is 400 g/mol. The summed E-state index contributed by atoms with van der Waals surface area (Å²) in [5.41, 5.74) is 6.82. The first-order chi connectivity index (χ1) is 15.5. The van der Waals surface area contributed by atoms with E-state index in [2.05, 4.69) is 42.5 Å². The van der Waals surface area contributed by atoms with E-state index in [0.717, 1.165) is 29.4 Å². The normalized spacial score (nSPS) is 13.6. The molecule has 5 rings (SSSR count). The average Bonchev–Trinajstić information content (AvgIpc) is 3.28. The van der Waals surface area contributed by atoms with E-state index in [-0.39, 0.29) is 11.7 Å². The lowest BCUT2D eigenvalue weighted by Gasteiger charge is -2.06. The van der Waals surface area contributed by atoms with Gasteiger partial charge in [0, 0.05) is 42.2 Å². The van der Waals surface area contributed by atoms with Crippen molar-refractivity contribution in [3.63, 3.8) is 0 Å². The highest BCUT2D eigenvalue weighted by Gasteiger charge is 2.19. The molecule has 1 N–H and O–H groups in total. The third kappa shape index (κ3) is 3.96. The minimum atomic E-state index is -0.0530. The van der Waals surface area contributed by atoms with Gasteiger partial charge in [0.2, 0.25) is 0 Å². The molecule has 0 aliphatic carbocycles. The van der Waals surface area contributed by atoms with E-state index in [9.17, 15) is 9.59 Å². The molecule has 0 radical (unpaired) electrons. The zero-order valence-corrected chi connectivity index (χ0v) is 18.4. The monoisotopic (exact) mass is 426 g/mol. The van der Waals surface area contributed by atoms with Crippen molar-refractivity contribution in [2.24, 2.45) is 0 Å². The Morgan fingerprint density at radius 3 is 2.69 bits per heavy atom. The molecule has 0 saturated heterocycles. The summed E-state index contributed by atoms with van der Waals surface area (Å²) in [5, 5.41) is 8.35. The highest BCUT2D eigenvalue weighted by Crippen LogP contribution is 2.24. The highest BCUT2D eigenvalue weighted by atomic mass is 16.2. The number of Topliss-reactive ketones (excluding diaryl/α,β-unsaturated/α-hetero) is 1. The Morgan fingerprint density at radius 1 is 1.06 bits per heavy atom. The predicted molar refractivity (Wildman–Crippen MR) is 124 cm³/mol. The van der Waals surface area contributed by atoms with Gasteiger partial charge in [0.1, 0.15) is 5.69 Å². The molecule has 0 spiro atoms. The van der Waals surface area contributed by atoms with Crippen molar-refractivity contribution in [1.82, 2.24) is 19.7 Å². The Balaban J connectivity index is 1.35. The van der Waals surface area contributed by atoms with Crippen LogP contribution >= 0.6 is 0 Å². The lowest BCUT2D eigenvalue weighted by atomic mass is 10.0. The number of carbonyl (C=O) groups is 2. The average molecular weight is 427 g/mol. The maximum atomic E-state index is 13.0. The second-order valence-corrected chi connectivity index (χ2v) is 8.71. The fourth-order valence-corrected chi connectivity index (χ4v) is 4.61. The van der Waals surface area contributed by atoms with Gasteiger partial charge in [-0.3, -0.25) is 14.3 Å². The Kier molecular flexibility index (Phi) is 5.13. The summed E-state index contributed by atoms with van der Waals surface area (Å²) in [4.78, 5) is 25.3. The second kappa shape index (κ2) is 8.11. The molecule has 0 unspecified atom stereocenters. The molecule has 2 aromatic carbocycles. The lowest BCUT2D eigenvalue weighted by molar-refractivity contribution is 0.0950. The summed E-state index contributed by atoms with van der Waals surface area (Å²) >= 11 is 0. The molecule has 0 bridgehead atoms. The molecule has 0 fully saturated rings. The lowest BCUT2D eigenvalue weighted by Crippen LogP contribution is -2.22. The molecule has 0 atom stereocenters. The van der Waals surface area contributed by atoms with E-state index >= 15 is 0 Å². The molecule has 2 aromatic heterocycles. The van der Waals surface area contributed by atoms with Gasteiger partial charge < -0.3 is 9.88 Å². The van der Waals surface area contributed by atoms with Gasteiger partial charge in [-0.15, -0.1) is 0 Å². The third-order valence-corrected chi connectivity index (χ3v) is 5.98. The topological polar surface area (TPSA) is 68.9 Å². The Labute approximate surface area is 186 Å². The SMILES string of the molecule is Cc1cc(C)cc(Cn2cc(CC(=O)c3ccc4cc5n(c4c3)CCCNC5=O)cn2)c1. The first-order valence-electron chi connectivity index (χ1n) is 11.0. The second-order valence-electron chi connectivity index (χ2n) is 8.71. The molecule has 1 aliphatic rings. The van der Waals surface area contributed by atoms with Gasteiger partial charge in [0.05, 0.1) is 12.7 Å². The van der Waals surface area contributed by atoms with Gasteiger partial charge in [-0.25, -0.2) is 0 Å². The summed E-state index contributed by atoms with van der Waals surface area (Å²) in [6, 6.07) is 14.1. The first-order valence-corrected chi connectivity index (χ1v) is 11.0. The van der Waals surface area contributed by atoms with E-state index in [0.29, 0.717) is 30.8 Å². The third-order valence-electron chi connectivity index (χ3n) is 5.98. The molecule has 6 nitrogen and oxygen atoms in total. The molecule has 162 valence electrons. The molecule has 4 aromatic rings. The van der Waals surface area contributed by atoms with Gasteiger partial charge in [0.15, 0.2) is 5.78 Å². The van der Waals surface area contributed by atoms with Crippen molar-refractivity contribution in [1.29, 1.82) is 0 Å². The predicted octanol–water partition coefficient (Wildman–Crippen LogP) is 4.06. The van der Waals surface area contributed by atoms with E-state index < -0.39 is 0 Å². The molecule has 32 heavy (non-hydrogen) atoms. The summed E-state index contributed by atoms with van der Waals surface area (Å²) in [7, 11) is 0. The molecule has 0 saturated carbocycles. The molecule has 1 aliphatic heterocycles. The van der Waals surface area contributed by atoms with Crippen molar-refractivity contribution in [3.05, 3.63) is 88.4 Å². The number of benzene rings is 2. The van der Waals surface area contributed by atoms with Gasteiger partial charge in [-0.1, -0.05) is 41.5 Å². The highest BCUT2D eigenvalue weighted by molar-refractivity contribution is 6.03. The maximum Gasteiger partial charge on any atom is 0.267 e. The van der Waals surface area contributed by atoms with Gasteiger partial charge in [-0.2, -0.15) is 5.10 Å². The minimum Gasteiger partial charge on any atom is -0.351 e. The van der Waals surface area contributed by atoms with Crippen LogP contribution in [0.15, 0.2) is 54.9 Å². The van der Waals surface area contributed by atoms with Crippen LogP contribution in [0.4, 0.5) is 0 Å².